The molecule has 2 fully saturated rings. The van der Waals surface area contributed by atoms with Gasteiger partial charge in [0.15, 0.2) is 0 Å². The number of hydrogen-bond donors (Lipinski definition) is 1. The molecule has 0 aromatic heterocycles. The molecule has 2 heterocycles. The molecule has 0 aliphatic carbocycles. The molecule has 2 rings (SSSR count). The summed E-state index contributed by atoms with van der Waals surface area (Å²) < 4.78 is 4.76. The van der Waals surface area contributed by atoms with Crippen LogP contribution in [0.15, 0.2) is 0 Å². The third kappa shape index (κ3) is 2.16. The molecule has 0 aromatic rings. The number of methoxy groups -OCH3 is 1. The van der Waals surface area contributed by atoms with Crippen LogP contribution in [-0.4, -0.2) is 50.2 Å². The van der Waals surface area contributed by atoms with Crippen molar-refractivity contribution < 1.29 is 9.53 Å². The SMILES string of the molecule is COC(=O)C1CC(C2CCCN2C)CN1. The number of hydrogen-bond acceptors (Lipinski definition) is 4. The molecule has 1 N–H and O–H groups in total. The van der Waals surface area contributed by atoms with Crippen LogP contribution in [0.25, 0.3) is 0 Å². The molecule has 2 saturated heterocycles. The molecule has 0 saturated carbocycles. The lowest BCUT2D eigenvalue weighted by atomic mass is 9.95. The monoisotopic (exact) mass is 212 g/mol. The zero-order chi connectivity index (χ0) is 10.8. The summed E-state index contributed by atoms with van der Waals surface area (Å²) in [5, 5.41) is 3.25. The zero-order valence-corrected chi connectivity index (χ0v) is 9.53. The van der Waals surface area contributed by atoms with E-state index in [1.165, 1.54) is 26.5 Å². The summed E-state index contributed by atoms with van der Waals surface area (Å²) >= 11 is 0. The molecule has 0 amide bonds. The molecule has 3 atom stereocenters. The van der Waals surface area contributed by atoms with Crippen molar-refractivity contribution >= 4 is 5.97 Å². The van der Waals surface area contributed by atoms with E-state index < -0.39 is 0 Å². The fourth-order valence-corrected chi connectivity index (χ4v) is 2.91. The maximum absolute atomic E-state index is 11.4. The van der Waals surface area contributed by atoms with E-state index in [4.69, 9.17) is 4.74 Å². The quantitative estimate of drug-likeness (QED) is 0.665. The lowest BCUT2D eigenvalue weighted by molar-refractivity contribution is -0.142. The molecular weight excluding hydrogens is 192 g/mol. The lowest BCUT2D eigenvalue weighted by Crippen LogP contribution is -2.33. The third-order valence-corrected chi connectivity index (χ3v) is 3.77. The highest BCUT2D eigenvalue weighted by Gasteiger charge is 2.37. The standard InChI is InChI=1S/C11H20N2O2/c1-13-5-3-4-10(13)8-6-9(12-7-8)11(14)15-2/h8-10,12H,3-7H2,1-2H3. The molecule has 0 radical (unpaired) electrons. The second kappa shape index (κ2) is 4.49. The van der Waals surface area contributed by atoms with Crippen molar-refractivity contribution in [1.29, 1.82) is 0 Å². The number of rotatable bonds is 2. The van der Waals surface area contributed by atoms with Crippen molar-refractivity contribution in [3.63, 3.8) is 0 Å². The van der Waals surface area contributed by atoms with Gasteiger partial charge in [0.2, 0.25) is 0 Å². The van der Waals surface area contributed by atoms with E-state index in [1.54, 1.807) is 0 Å². The van der Waals surface area contributed by atoms with Gasteiger partial charge >= 0.3 is 5.97 Å². The number of nitrogens with one attached hydrogen (secondary N) is 1. The number of carbonyl (C=O) groups excluding carboxylic acids is 1. The summed E-state index contributed by atoms with van der Waals surface area (Å²) in [5.74, 6) is 0.500. The molecule has 86 valence electrons. The highest BCUT2D eigenvalue weighted by atomic mass is 16.5. The minimum Gasteiger partial charge on any atom is -0.468 e. The number of carbonyl (C=O) groups is 1. The predicted octanol–water partition coefficient (Wildman–Crippen LogP) is 0.232. The van der Waals surface area contributed by atoms with Gasteiger partial charge in [-0.1, -0.05) is 0 Å². The number of likely N-dealkylation sites (tertiary alicyclic amines) is 1. The summed E-state index contributed by atoms with van der Waals surface area (Å²) in [4.78, 5) is 13.8. The number of ether oxygens (including phenoxy) is 1. The van der Waals surface area contributed by atoms with Crippen molar-refractivity contribution in [2.75, 3.05) is 27.2 Å². The van der Waals surface area contributed by atoms with Gasteiger partial charge < -0.3 is 15.0 Å². The highest BCUT2D eigenvalue weighted by Crippen LogP contribution is 2.28. The first-order valence-corrected chi connectivity index (χ1v) is 5.74. The van der Waals surface area contributed by atoms with Gasteiger partial charge in [0, 0.05) is 12.6 Å². The fourth-order valence-electron chi connectivity index (χ4n) is 2.91. The van der Waals surface area contributed by atoms with Crippen LogP contribution in [0.2, 0.25) is 0 Å². The lowest BCUT2D eigenvalue weighted by Gasteiger charge is -2.25. The highest BCUT2D eigenvalue weighted by molar-refractivity contribution is 5.76. The summed E-state index contributed by atoms with van der Waals surface area (Å²) in [6.45, 7) is 2.15. The Kier molecular flexibility index (Phi) is 3.26. The Morgan fingerprint density at radius 1 is 1.53 bits per heavy atom. The molecule has 0 bridgehead atoms. The van der Waals surface area contributed by atoms with Crippen LogP contribution in [-0.2, 0) is 9.53 Å². The van der Waals surface area contributed by atoms with Gasteiger partial charge in [-0.05, 0) is 38.8 Å². The number of nitrogens with zero attached hydrogens (tertiary/aromatic N) is 1. The molecule has 2 aliphatic rings. The Morgan fingerprint density at radius 2 is 2.33 bits per heavy atom. The van der Waals surface area contributed by atoms with E-state index in [1.807, 2.05) is 0 Å². The van der Waals surface area contributed by atoms with Gasteiger partial charge in [-0.2, -0.15) is 0 Å². The maximum atomic E-state index is 11.4. The Hall–Kier alpha value is -0.610. The van der Waals surface area contributed by atoms with E-state index in [9.17, 15) is 4.79 Å². The van der Waals surface area contributed by atoms with Crippen molar-refractivity contribution in [2.24, 2.45) is 5.92 Å². The summed E-state index contributed by atoms with van der Waals surface area (Å²) in [6, 6.07) is 0.584. The Morgan fingerprint density at radius 3 is 2.93 bits per heavy atom. The first-order chi connectivity index (χ1) is 7.22. The van der Waals surface area contributed by atoms with Gasteiger partial charge in [0.25, 0.3) is 0 Å². The summed E-state index contributed by atoms with van der Waals surface area (Å²) in [6.07, 6.45) is 3.50. The minimum atomic E-state index is -0.113. The van der Waals surface area contributed by atoms with Gasteiger partial charge in [-0.3, -0.25) is 4.79 Å². The van der Waals surface area contributed by atoms with Crippen LogP contribution in [0.4, 0.5) is 0 Å². The molecule has 3 unspecified atom stereocenters. The first-order valence-electron chi connectivity index (χ1n) is 5.74. The van der Waals surface area contributed by atoms with Gasteiger partial charge in [-0.25, -0.2) is 0 Å². The first kappa shape index (κ1) is 10.9. The summed E-state index contributed by atoms with van der Waals surface area (Å²) in [7, 11) is 3.64. The Labute approximate surface area is 91.0 Å². The van der Waals surface area contributed by atoms with E-state index in [-0.39, 0.29) is 12.0 Å². The van der Waals surface area contributed by atoms with Crippen LogP contribution in [0, 0.1) is 5.92 Å². The number of esters is 1. The van der Waals surface area contributed by atoms with Crippen molar-refractivity contribution in [2.45, 2.75) is 31.3 Å². The minimum absolute atomic E-state index is 0.0750. The van der Waals surface area contributed by atoms with Crippen LogP contribution in [0.5, 0.6) is 0 Å². The predicted molar refractivity (Wildman–Crippen MR) is 57.6 cm³/mol. The topological polar surface area (TPSA) is 41.6 Å². The largest absolute Gasteiger partial charge is 0.468 e. The zero-order valence-electron chi connectivity index (χ0n) is 9.53. The van der Waals surface area contributed by atoms with Crippen molar-refractivity contribution in [1.82, 2.24) is 10.2 Å². The molecular formula is C11H20N2O2. The van der Waals surface area contributed by atoms with Crippen LogP contribution in [0.1, 0.15) is 19.3 Å². The fraction of sp³-hybridized carbons (Fsp3) is 0.909. The van der Waals surface area contributed by atoms with E-state index in [0.717, 1.165) is 13.0 Å². The molecule has 4 nitrogen and oxygen atoms in total. The summed E-state index contributed by atoms with van der Waals surface area (Å²) in [5.41, 5.74) is 0. The van der Waals surface area contributed by atoms with E-state index >= 15 is 0 Å². The van der Waals surface area contributed by atoms with E-state index in [0.29, 0.717) is 12.0 Å². The van der Waals surface area contributed by atoms with Crippen molar-refractivity contribution in [3.8, 4) is 0 Å². The smallest absolute Gasteiger partial charge is 0.322 e. The van der Waals surface area contributed by atoms with Crippen LogP contribution in [0.3, 0.4) is 0 Å². The average molecular weight is 212 g/mol. The molecule has 15 heavy (non-hydrogen) atoms. The van der Waals surface area contributed by atoms with Gasteiger partial charge in [-0.15, -0.1) is 0 Å². The van der Waals surface area contributed by atoms with E-state index in [2.05, 4.69) is 17.3 Å². The maximum Gasteiger partial charge on any atom is 0.322 e. The van der Waals surface area contributed by atoms with Gasteiger partial charge in [0.05, 0.1) is 7.11 Å². The molecule has 4 heteroatoms. The van der Waals surface area contributed by atoms with Gasteiger partial charge in [0.1, 0.15) is 6.04 Å². The van der Waals surface area contributed by atoms with Crippen LogP contribution >= 0.6 is 0 Å². The second-order valence-corrected chi connectivity index (χ2v) is 4.67. The van der Waals surface area contributed by atoms with Crippen molar-refractivity contribution in [3.05, 3.63) is 0 Å². The normalized spacial score (nSPS) is 37.1. The molecule has 0 aromatic carbocycles. The Bertz CT molecular complexity index is 245. The molecule has 0 spiro atoms. The molecule has 2 aliphatic heterocycles. The average Bonchev–Trinajstić information content (AvgIpc) is 2.84. The van der Waals surface area contributed by atoms with Crippen LogP contribution < -0.4 is 5.32 Å². The second-order valence-electron chi connectivity index (χ2n) is 4.67. The Balaban J connectivity index is 1.89. The third-order valence-electron chi connectivity index (χ3n) is 3.77.